The first-order valence-corrected chi connectivity index (χ1v) is 6.69. The fourth-order valence-corrected chi connectivity index (χ4v) is 1.63. The van der Waals surface area contributed by atoms with Gasteiger partial charge in [0.2, 0.25) is 5.91 Å². The third-order valence-corrected chi connectivity index (χ3v) is 2.57. The molecule has 0 aromatic heterocycles. The summed E-state index contributed by atoms with van der Waals surface area (Å²) in [7, 11) is 0. The molecule has 0 fully saturated rings. The van der Waals surface area contributed by atoms with Gasteiger partial charge in [-0.3, -0.25) is 9.59 Å². The first-order valence-electron chi connectivity index (χ1n) is 6.69. The molecule has 0 bridgehead atoms. The van der Waals surface area contributed by atoms with Crippen LogP contribution >= 0.6 is 0 Å². The molecule has 4 heteroatoms. The van der Waals surface area contributed by atoms with E-state index in [-0.39, 0.29) is 18.4 Å². The Morgan fingerprint density at radius 2 is 1.94 bits per heavy atom. The Bertz CT molecular complexity index is 264. The molecule has 0 rings (SSSR count). The van der Waals surface area contributed by atoms with E-state index in [1.807, 2.05) is 0 Å². The second kappa shape index (κ2) is 10.8. The molecule has 4 nitrogen and oxygen atoms in total. The summed E-state index contributed by atoms with van der Waals surface area (Å²) in [6, 6.07) is 0. The average molecular weight is 255 g/mol. The van der Waals surface area contributed by atoms with Crippen molar-refractivity contribution in [1.29, 1.82) is 0 Å². The van der Waals surface area contributed by atoms with Crippen molar-refractivity contribution >= 4 is 11.9 Å². The highest BCUT2D eigenvalue weighted by molar-refractivity contribution is 5.82. The van der Waals surface area contributed by atoms with E-state index in [2.05, 4.69) is 13.5 Å². The minimum atomic E-state index is -0.360. The maximum absolute atomic E-state index is 11.9. The van der Waals surface area contributed by atoms with Gasteiger partial charge in [0.25, 0.3) is 0 Å². The van der Waals surface area contributed by atoms with Crippen LogP contribution in [0.3, 0.4) is 0 Å². The minimum Gasteiger partial charge on any atom is -0.465 e. The molecule has 0 saturated carbocycles. The van der Waals surface area contributed by atoms with E-state index >= 15 is 0 Å². The molecule has 0 aliphatic heterocycles. The van der Waals surface area contributed by atoms with Gasteiger partial charge in [-0.15, -0.1) is 6.58 Å². The topological polar surface area (TPSA) is 46.6 Å². The largest absolute Gasteiger partial charge is 0.465 e. The summed E-state index contributed by atoms with van der Waals surface area (Å²) in [5.41, 5.74) is 0. The van der Waals surface area contributed by atoms with E-state index in [0.717, 1.165) is 25.7 Å². The molecule has 0 heterocycles. The van der Waals surface area contributed by atoms with E-state index in [1.54, 1.807) is 13.0 Å². The zero-order chi connectivity index (χ0) is 13.8. The number of rotatable bonds is 10. The summed E-state index contributed by atoms with van der Waals surface area (Å²) in [6.45, 7) is 8.24. The molecule has 18 heavy (non-hydrogen) atoms. The van der Waals surface area contributed by atoms with Crippen LogP contribution in [0.15, 0.2) is 12.7 Å². The molecule has 0 radical (unpaired) electrons. The van der Waals surface area contributed by atoms with Gasteiger partial charge in [-0.05, 0) is 13.3 Å². The third-order valence-electron chi connectivity index (χ3n) is 2.57. The summed E-state index contributed by atoms with van der Waals surface area (Å²) >= 11 is 0. The second-order valence-electron chi connectivity index (χ2n) is 4.18. The van der Waals surface area contributed by atoms with E-state index in [0.29, 0.717) is 19.6 Å². The van der Waals surface area contributed by atoms with Crippen molar-refractivity contribution in [3.8, 4) is 0 Å². The highest BCUT2D eigenvalue weighted by atomic mass is 16.5. The van der Waals surface area contributed by atoms with Crippen molar-refractivity contribution in [3.63, 3.8) is 0 Å². The number of carbonyl (C=O) groups is 2. The SMILES string of the molecule is C=CCN(CC(=O)OCC)C(=O)CCCCCC. The average Bonchev–Trinajstić information content (AvgIpc) is 2.34. The quantitative estimate of drug-likeness (QED) is 0.342. The third kappa shape index (κ3) is 7.87. The smallest absolute Gasteiger partial charge is 0.325 e. The molecular formula is C14H25NO3. The number of nitrogens with zero attached hydrogens (tertiary/aromatic N) is 1. The van der Waals surface area contributed by atoms with Gasteiger partial charge in [0, 0.05) is 13.0 Å². The Kier molecular flexibility index (Phi) is 10.0. The normalized spacial score (nSPS) is 9.89. The maximum Gasteiger partial charge on any atom is 0.325 e. The van der Waals surface area contributed by atoms with Crippen LogP contribution in [0.5, 0.6) is 0 Å². The molecule has 0 N–H and O–H groups in total. The number of amides is 1. The highest BCUT2D eigenvalue weighted by Crippen LogP contribution is 2.05. The summed E-state index contributed by atoms with van der Waals surface area (Å²) in [5.74, 6) is -0.361. The van der Waals surface area contributed by atoms with Crippen LogP contribution < -0.4 is 0 Å². The Hall–Kier alpha value is -1.32. The minimum absolute atomic E-state index is 0.000874. The summed E-state index contributed by atoms with van der Waals surface area (Å²) in [4.78, 5) is 24.8. The van der Waals surface area contributed by atoms with Crippen LogP contribution in [-0.2, 0) is 14.3 Å². The van der Waals surface area contributed by atoms with E-state index in [9.17, 15) is 9.59 Å². The Balaban J connectivity index is 4.09. The fourth-order valence-electron chi connectivity index (χ4n) is 1.63. The zero-order valence-corrected chi connectivity index (χ0v) is 11.6. The molecule has 1 amide bonds. The van der Waals surface area contributed by atoms with Gasteiger partial charge < -0.3 is 9.64 Å². The predicted molar refractivity (Wildman–Crippen MR) is 72.2 cm³/mol. The van der Waals surface area contributed by atoms with Crippen LogP contribution in [0, 0.1) is 0 Å². The molecule has 0 saturated heterocycles. The Morgan fingerprint density at radius 3 is 2.50 bits per heavy atom. The number of ether oxygens (including phenoxy) is 1. The maximum atomic E-state index is 11.9. The van der Waals surface area contributed by atoms with Crippen molar-refractivity contribution in [2.75, 3.05) is 19.7 Å². The Morgan fingerprint density at radius 1 is 1.22 bits per heavy atom. The van der Waals surface area contributed by atoms with Gasteiger partial charge in [0.15, 0.2) is 0 Å². The number of esters is 1. The summed E-state index contributed by atoms with van der Waals surface area (Å²) in [5, 5.41) is 0. The number of unbranched alkanes of at least 4 members (excludes halogenated alkanes) is 3. The monoisotopic (exact) mass is 255 g/mol. The van der Waals surface area contributed by atoms with Crippen molar-refractivity contribution in [2.24, 2.45) is 0 Å². The van der Waals surface area contributed by atoms with Crippen LogP contribution in [0.25, 0.3) is 0 Å². The molecule has 0 aromatic carbocycles. The summed E-state index contributed by atoms with van der Waals surface area (Å²) < 4.78 is 4.84. The van der Waals surface area contributed by atoms with Crippen LogP contribution in [0.1, 0.15) is 46.0 Å². The Labute approximate surface area is 110 Å². The lowest BCUT2D eigenvalue weighted by Crippen LogP contribution is -2.36. The lowest BCUT2D eigenvalue weighted by molar-refractivity contribution is -0.148. The van der Waals surface area contributed by atoms with Gasteiger partial charge in [0.05, 0.1) is 6.61 Å². The first-order chi connectivity index (χ1) is 8.65. The van der Waals surface area contributed by atoms with Crippen LogP contribution in [-0.4, -0.2) is 36.5 Å². The van der Waals surface area contributed by atoms with Crippen LogP contribution in [0.2, 0.25) is 0 Å². The molecule has 0 aliphatic carbocycles. The molecule has 104 valence electrons. The molecule has 0 spiro atoms. The van der Waals surface area contributed by atoms with Crippen molar-refractivity contribution in [3.05, 3.63) is 12.7 Å². The predicted octanol–water partition coefficient (Wildman–Crippen LogP) is 2.53. The molecular weight excluding hydrogens is 230 g/mol. The highest BCUT2D eigenvalue weighted by Gasteiger charge is 2.15. The lowest BCUT2D eigenvalue weighted by Gasteiger charge is -2.20. The molecule has 0 aliphatic rings. The molecule has 0 atom stereocenters. The number of hydrogen-bond acceptors (Lipinski definition) is 3. The van der Waals surface area contributed by atoms with E-state index in [1.165, 1.54) is 4.90 Å². The molecule has 0 aromatic rings. The van der Waals surface area contributed by atoms with Crippen LogP contribution in [0.4, 0.5) is 0 Å². The van der Waals surface area contributed by atoms with Crippen molar-refractivity contribution in [2.45, 2.75) is 46.0 Å². The zero-order valence-electron chi connectivity index (χ0n) is 11.6. The number of carbonyl (C=O) groups excluding carboxylic acids is 2. The fraction of sp³-hybridized carbons (Fsp3) is 0.714. The van der Waals surface area contributed by atoms with Gasteiger partial charge in [-0.25, -0.2) is 0 Å². The van der Waals surface area contributed by atoms with Gasteiger partial charge in [-0.2, -0.15) is 0 Å². The first kappa shape index (κ1) is 16.7. The van der Waals surface area contributed by atoms with Gasteiger partial charge in [-0.1, -0.05) is 32.3 Å². The van der Waals surface area contributed by atoms with E-state index in [4.69, 9.17) is 4.74 Å². The van der Waals surface area contributed by atoms with Gasteiger partial charge in [0.1, 0.15) is 6.54 Å². The van der Waals surface area contributed by atoms with Crippen molar-refractivity contribution in [1.82, 2.24) is 4.90 Å². The van der Waals surface area contributed by atoms with E-state index < -0.39 is 0 Å². The second-order valence-corrected chi connectivity index (χ2v) is 4.18. The lowest BCUT2D eigenvalue weighted by atomic mass is 10.1. The number of hydrogen-bond donors (Lipinski definition) is 0. The standard InChI is InChI=1S/C14H25NO3/c1-4-7-8-9-10-13(16)15(11-5-2)12-14(17)18-6-3/h5H,2,4,6-12H2,1,3H3. The van der Waals surface area contributed by atoms with Gasteiger partial charge >= 0.3 is 5.97 Å². The van der Waals surface area contributed by atoms with Crippen molar-refractivity contribution < 1.29 is 14.3 Å². The molecule has 0 unspecified atom stereocenters. The summed E-state index contributed by atoms with van der Waals surface area (Å²) in [6.07, 6.45) is 6.35.